The predicted octanol–water partition coefficient (Wildman–Crippen LogP) is 4.12. The van der Waals surface area contributed by atoms with Crippen molar-refractivity contribution in [2.24, 2.45) is 5.41 Å². The first-order chi connectivity index (χ1) is 11.8. The number of hydrogen-bond donors (Lipinski definition) is 1. The summed E-state index contributed by atoms with van der Waals surface area (Å²) in [5, 5.41) is 10.4. The van der Waals surface area contributed by atoms with E-state index in [1.807, 2.05) is 18.2 Å². The highest BCUT2D eigenvalue weighted by Gasteiger charge is 2.27. The molecule has 0 aliphatic heterocycles. The van der Waals surface area contributed by atoms with Crippen LogP contribution in [0.4, 0.5) is 0 Å². The summed E-state index contributed by atoms with van der Waals surface area (Å²) >= 11 is 0. The number of phenols is 1. The normalized spacial score (nSPS) is 11.5. The van der Waals surface area contributed by atoms with Crippen molar-refractivity contribution in [1.82, 2.24) is 0 Å². The number of hydrogen-bond acceptors (Lipinski definition) is 5. The number of esters is 1. The standard InChI is InChI=1S/C20H18O5/c1-20(2,3)19(23)25-18-14(21)10-9-13-15(22)11-16(24-17(13)18)12-7-5-4-6-8-12/h4-11,21H,1-3H3. The summed E-state index contributed by atoms with van der Waals surface area (Å²) < 4.78 is 11.2. The van der Waals surface area contributed by atoms with Crippen molar-refractivity contribution in [3.63, 3.8) is 0 Å². The van der Waals surface area contributed by atoms with Gasteiger partial charge in [0.05, 0.1) is 10.8 Å². The van der Waals surface area contributed by atoms with Gasteiger partial charge in [0, 0.05) is 11.6 Å². The summed E-state index contributed by atoms with van der Waals surface area (Å²) in [6.07, 6.45) is 0. The zero-order valence-corrected chi connectivity index (χ0v) is 14.2. The lowest BCUT2D eigenvalue weighted by Crippen LogP contribution is -2.25. The van der Waals surface area contributed by atoms with Gasteiger partial charge in [0.2, 0.25) is 5.75 Å². The van der Waals surface area contributed by atoms with E-state index in [4.69, 9.17) is 9.15 Å². The summed E-state index contributed by atoms with van der Waals surface area (Å²) in [4.78, 5) is 24.7. The Hall–Kier alpha value is -3.08. The number of ether oxygens (including phenoxy) is 1. The Morgan fingerprint density at radius 2 is 1.76 bits per heavy atom. The number of carbonyl (C=O) groups excluding carboxylic acids is 1. The zero-order chi connectivity index (χ0) is 18.2. The van der Waals surface area contributed by atoms with Gasteiger partial charge in [0.1, 0.15) is 5.76 Å². The van der Waals surface area contributed by atoms with Gasteiger partial charge in [-0.15, -0.1) is 0 Å². The molecule has 5 nitrogen and oxygen atoms in total. The van der Waals surface area contributed by atoms with Crippen molar-refractivity contribution < 1.29 is 19.1 Å². The molecule has 3 aromatic rings. The molecule has 1 heterocycles. The van der Waals surface area contributed by atoms with Crippen molar-refractivity contribution >= 4 is 16.9 Å². The maximum Gasteiger partial charge on any atom is 0.316 e. The van der Waals surface area contributed by atoms with Crippen LogP contribution in [0.15, 0.2) is 57.7 Å². The van der Waals surface area contributed by atoms with Gasteiger partial charge in [-0.3, -0.25) is 9.59 Å². The Labute approximate surface area is 144 Å². The molecule has 0 spiro atoms. The first-order valence-corrected chi connectivity index (χ1v) is 7.85. The minimum atomic E-state index is -0.772. The van der Waals surface area contributed by atoms with Crippen LogP contribution < -0.4 is 10.2 Å². The largest absolute Gasteiger partial charge is 0.504 e. The van der Waals surface area contributed by atoms with Crippen LogP contribution in [0.3, 0.4) is 0 Å². The number of rotatable bonds is 2. The summed E-state index contributed by atoms with van der Waals surface area (Å²) in [6.45, 7) is 5.09. The second-order valence-electron chi connectivity index (χ2n) is 6.77. The molecule has 0 atom stereocenters. The third-order valence-corrected chi connectivity index (χ3v) is 3.70. The summed E-state index contributed by atoms with van der Waals surface area (Å²) in [5.74, 6) is -0.620. The minimum absolute atomic E-state index is 0.0453. The first kappa shape index (κ1) is 16.8. The van der Waals surface area contributed by atoms with Crippen LogP contribution in [0.25, 0.3) is 22.3 Å². The van der Waals surface area contributed by atoms with E-state index in [2.05, 4.69) is 0 Å². The van der Waals surface area contributed by atoms with Gasteiger partial charge in [-0.05, 0) is 32.9 Å². The fraction of sp³-hybridized carbons (Fsp3) is 0.200. The maximum atomic E-state index is 12.4. The van der Waals surface area contributed by atoms with E-state index in [0.717, 1.165) is 0 Å². The van der Waals surface area contributed by atoms with Gasteiger partial charge in [-0.2, -0.15) is 0 Å². The molecular formula is C20H18O5. The fourth-order valence-corrected chi connectivity index (χ4v) is 2.27. The molecule has 0 aliphatic carbocycles. The Bertz CT molecular complexity index is 994. The Balaban J connectivity index is 2.23. The van der Waals surface area contributed by atoms with Gasteiger partial charge >= 0.3 is 5.97 Å². The van der Waals surface area contributed by atoms with Gasteiger partial charge in [0.15, 0.2) is 16.8 Å². The average Bonchev–Trinajstić information content (AvgIpc) is 2.57. The van der Waals surface area contributed by atoms with E-state index in [1.54, 1.807) is 32.9 Å². The molecule has 1 N–H and O–H groups in total. The Morgan fingerprint density at radius 3 is 2.40 bits per heavy atom. The van der Waals surface area contributed by atoms with Crippen LogP contribution in [0, 0.1) is 5.41 Å². The van der Waals surface area contributed by atoms with Crippen molar-refractivity contribution in [2.45, 2.75) is 20.8 Å². The molecule has 0 saturated heterocycles. The molecule has 0 bridgehead atoms. The number of aromatic hydroxyl groups is 1. The van der Waals surface area contributed by atoms with Gasteiger partial charge < -0.3 is 14.3 Å². The molecule has 0 saturated carbocycles. The highest BCUT2D eigenvalue weighted by Crippen LogP contribution is 2.36. The molecule has 0 aliphatic rings. The monoisotopic (exact) mass is 338 g/mol. The van der Waals surface area contributed by atoms with Crippen LogP contribution in [0.2, 0.25) is 0 Å². The minimum Gasteiger partial charge on any atom is -0.504 e. The SMILES string of the molecule is CC(C)(C)C(=O)Oc1c(O)ccc2c(=O)cc(-c3ccccc3)oc12. The molecule has 25 heavy (non-hydrogen) atoms. The topological polar surface area (TPSA) is 76.7 Å². The second kappa shape index (κ2) is 6.09. The second-order valence-corrected chi connectivity index (χ2v) is 6.77. The van der Waals surface area contributed by atoms with E-state index in [1.165, 1.54) is 18.2 Å². The van der Waals surface area contributed by atoms with E-state index < -0.39 is 11.4 Å². The molecule has 2 aromatic carbocycles. The zero-order valence-electron chi connectivity index (χ0n) is 14.2. The summed E-state index contributed by atoms with van der Waals surface area (Å²) in [5.41, 5.74) is -0.304. The van der Waals surface area contributed by atoms with Crippen molar-refractivity contribution in [3.05, 3.63) is 58.8 Å². The van der Waals surface area contributed by atoms with E-state index in [-0.39, 0.29) is 27.9 Å². The Kier molecular flexibility index (Phi) is 4.08. The van der Waals surface area contributed by atoms with Crippen molar-refractivity contribution in [2.75, 3.05) is 0 Å². The van der Waals surface area contributed by atoms with Gasteiger partial charge in [0.25, 0.3) is 0 Å². The van der Waals surface area contributed by atoms with E-state index in [0.29, 0.717) is 11.3 Å². The van der Waals surface area contributed by atoms with Crippen LogP contribution in [0.5, 0.6) is 11.5 Å². The van der Waals surface area contributed by atoms with Crippen LogP contribution in [0.1, 0.15) is 20.8 Å². The van der Waals surface area contributed by atoms with Crippen molar-refractivity contribution in [1.29, 1.82) is 0 Å². The van der Waals surface area contributed by atoms with Crippen LogP contribution in [-0.4, -0.2) is 11.1 Å². The lowest BCUT2D eigenvalue weighted by molar-refractivity contribution is -0.143. The first-order valence-electron chi connectivity index (χ1n) is 7.85. The fourth-order valence-electron chi connectivity index (χ4n) is 2.27. The quantitative estimate of drug-likeness (QED) is 0.562. The average molecular weight is 338 g/mol. The number of phenolic OH excluding ortho intramolecular Hbond substituents is 1. The van der Waals surface area contributed by atoms with Crippen molar-refractivity contribution in [3.8, 4) is 22.8 Å². The van der Waals surface area contributed by atoms with Gasteiger partial charge in [-0.25, -0.2) is 0 Å². The summed E-state index contributed by atoms with van der Waals surface area (Å²) in [6, 6.07) is 13.2. The number of fused-ring (bicyclic) bond motifs is 1. The van der Waals surface area contributed by atoms with Crippen LogP contribution in [-0.2, 0) is 4.79 Å². The predicted molar refractivity (Wildman–Crippen MR) is 94.7 cm³/mol. The Morgan fingerprint density at radius 1 is 1.08 bits per heavy atom. The third kappa shape index (κ3) is 3.26. The molecule has 5 heteroatoms. The number of benzene rings is 2. The molecule has 0 amide bonds. The molecule has 1 aromatic heterocycles. The van der Waals surface area contributed by atoms with Crippen LogP contribution >= 0.6 is 0 Å². The smallest absolute Gasteiger partial charge is 0.316 e. The number of carbonyl (C=O) groups is 1. The lowest BCUT2D eigenvalue weighted by atomic mass is 9.97. The third-order valence-electron chi connectivity index (χ3n) is 3.70. The molecule has 0 radical (unpaired) electrons. The molecule has 0 unspecified atom stereocenters. The lowest BCUT2D eigenvalue weighted by Gasteiger charge is -2.17. The van der Waals surface area contributed by atoms with E-state index in [9.17, 15) is 14.7 Å². The maximum absolute atomic E-state index is 12.4. The van der Waals surface area contributed by atoms with E-state index >= 15 is 0 Å². The highest BCUT2D eigenvalue weighted by molar-refractivity contribution is 5.90. The molecule has 0 fully saturated rings. The molecular weight excluding hydrogens is 320 g/mol. The molecule has 128 valence electrons. The van der Waals surface area contributed by atoms with Gasteiger partial charge in [-0.1, -0.05) is 30.3 Å². The highest BCUT2D eigenvalue weighted by atomic mass is 16.5. The molecule has 3 rings (SSSR count). The summed E-state index contributed by atoms with van der Waals surface area (Å²) in [7, 11) is 0.